The van der Waals surface area contributed by atoms with Gasteiger partial charge in [-0.25, -0.2) is 4.79 Å². The van der Waals surface area contributed by atoms with Crippen LogP contribution in [0.3, 0.4) is 0 Å². The fourth-order valence-corrected chi connectivity index (χ4v) is 2.98. The lowest BCUT2D eigenvalue weighted by molar-refractivity contribution is -0.149. The molecular weight excluding hydrogens is 240 g/mol. The zero-order valence-corrected chi connectivity index (χ0v) is 12.4. The normalized spacial score (nSPS) is 29.1. The molecule has 19 heavy (non-hydrogen) atoms. The third-order valence-electron chi connectivity index (χ3n) is 4.11. The van der Waals surface area contributed by atoms with E-state index in [-0.39, 0.29) is 5.97 Å². The van der Waals surface area contributed by atoms with Gasteiger partial charge in [-0.2, -0.15) is 0 Å². The van der Waals surface area contributed by atoms with Crippen LogP contribution in [-0.4, -0.2) is 18.2 Å². The molecule has 0 amide bonds. The Hall–Kier alpha value is -1.35. The van der Waals surface area contributed by atoms with E-state index in [0.717, 1.165) is 11.1 Å². The zero-order chi connectivity index (χ0) is 14.3. The Labute approximate surface area is 114 Å². The van der Waals surface area contributed by atoms with Crippen molar-refractivity contribution in [1.82, 2.24) is 0 Å². The molecule has 0 spiro atoms. The van der Waals surface area contributed by atoms with E-state index in [2.05, 4.69) is 32.0 Å². The molecule has 3 heteroatoms. The van der Waals surface area contributed by atoms with E-state index in [1.165, 1.54) is 5.56 Å². The number of esters is 1. The third kappa shape index (κ3) is 1.96. The van der Waals surface area contributed by atoms with E-state index in [4.69, 9.17) is 9.47 Å². The summed E-state index contributed by atoms with van der Waals surface area (Å²) in [6.07, 6.45) is 0.621. The third-order valence-corrected chi connectivity index (χ3v) is 4.11. The van der Waals surface area contributed by atoms with Gasteiger partial charge in [0.25, 0.3) is 0 Å². The Morgan fingerprint density at radius 2 is 2.00 bits per heavy atom. The largest absolute Gasteiger partial charge is 0.464 e. The lowest BCUT2D eigenvalue weighted by Crippen LogP contribution is -2.33. The summed E-state index contributed by atoms with van der Waals surface area (Å²) in [4.78, 5) is 12.2. The van der Waals surface area contributed by atoms with Gasteiger partial charge in [0.1, 0.15) is 5.60 Å². The van der Waals surface area contributed by atoms with Crippen molar-refractivity contribution in [3.05, 3.63) is 34.9 Å². The average Bonchev–Trinajstić information content (AvgIpc) is 2.97. The van der Waals surface area contributed by atoms with Gasteiger partial charge in [0, 0.05) is 0 Å². The Bertz CT molecular complexity index is 509. The number of ether oxygens (including phenoxy) is 2. The van der Waals surface area contributed by atoms with E-state index < -0.39 is 11.2 Å². The van der Waals surface area contributed by atoms with Gasteiger partial charge >= 0.3 is 5.97 Å². The van der Waals surface area contributed by atoms with E-state index in [0.29, 0.717) is 13.0 Å². The maximum atomic E-state index is 12.2. The summed E-state index contributed by atoms with van der Waals surface area (Å²) in [5.74, 6) is -0.250. The van der Waals surface area contributed by atoms with Crippen molar-refractivity contribution >= 4 is 5.97 Å². The monoisotopic (exact) mass is 262 g/mol. The van der Waals surface area contributed by atoms with Gasteiger partial charge in [0.2, 0.25) is 0 Å². The predicted molar refractivity (Wildman–Crippen MR) is 74.0 cm³/mol. The predicted octanol–water partition coefficient (Wildman–Crippen LogP) is 3.26. The number of hydrogen-bond acceptors (Lipinski definition) is 3. The smallest absolute Gasteiger partial charge is 0.341 e. The Kier molecular flexibility index (Phi) is 3.43. The highest BCUT2D eigenvalue weighted by Crippen LogP contribution is 2.58. The molecule has 1 saturated heterocycles. The molecule has 2 atom stereocenters. The van der Waals surface area contributed by atoms with Crippen LogP contribution in [0.2, 0.25) is 0 Å². The molecule has 1 aromatic rings. The molecule has 2 rings (SSSR count). The molecule has 2 unspecified atom stereocenters. The van der Waals surface area contributed by atoms with Gasteiger partial charge in [0.05, 0.1) is 6.61 Å². The summed E-state index contributed by atoms with van der Waals surface area (Å²) in [6.45, 7) is 10.3. The first-order valence-corrected chi connectivity index (χ1v) is 6.86. The minimum Gasteiger partial charge on any atom is -0.464 e. The molecule has 0 radical (unpaired) electrons. The number of carbonyl (C=O) groups excluding carboxylic acids is 1. The molecule has 104 valence electrons. The minimum absolute atomic E-state index is 0.250. The molecule has 1 fully saturated rings. The quantitative estimate of drug-likeness (QED) is 0.617. The number of carbonyl (C=O) groups is 1. The number of hydrogen-bond donors (Lipinski definition) is 0. The van der Waals surface area contributed by atoms with Crippen molar-refractivity contribution in [2.45, 2.75) is 52.2 Å². The van der Waals surface area contributed by atoms with E-state index in [9.17, 15) is 4.79 Å². The molecule has 0 saturated carbocycles. The van der Waals surface area contributed by atoms with Crippen molar-refractivity contribution < 1.29 is 14.3 Å². The maximum Gasteiger partial charge on any atom is 0.341 e. The van der Waals surface area contributed by atoms with Gasteiger partial charge in [-0.3, -0.25) is 0 Å². The number of benzene rings is 1. The van der Waals surface area contributed by atoms with Crippen molar-refractivity contribution in [2.24, 2.45) is 0 Å². The van der Waals surface area contributed by atoms with Gasteiger partial charge in [-0.15, -0.1) is 0 Å². The minimum atomic E-state index is -0.816. The summed E-state index contributed by atoms with van der Waals surface area (Å²) in [5, 5.41) is 0. The number of epoxide rings is 1. The SMILES string of the molecule is CCOC(=O)C1(CC)OC1(C)c1ccc(C)cc1C. The Morgan fingerprint density at radius 1 is 1.32 bits per heavy atom. The molecule has 1 aliphatic heterocycles. The first-order valence-electron chi connectivity index (χ1n) is 6.86. The molecule has 3 nitrogen and oxygen atoms in total. The van der Waals surface area contributed by atoms with Crippen molar-refractivity contribution in [3.63, 3.8) is 0 Å². The van der Waals surface area contributed by atoms with Crippen molar-refractivity contribution in [2.75, 3.05) is 6.61 Å². The second-order valence-corrected chi connectivity index (χ2v) is 5.35. The molecule has 0 N–H and O–H groups in total. The van der Waals surface area contributed by atoms with Crippen LogP contribution in [0.25, 0.3) is 0 Å². The van der Waals surface area contributed by atoms with Gasteiger partial charge in [-0.05, 0) is 45.2 Å². The Morgan fingerprint density at radius 3 is 2.53 bits per heavy atom. The summed E-state index contributed by atoms with van der Waals surface area (Å²) in [6, 6.07) is 6.23. The van der Waals surface area contributed by atoms with Gasteiger partial charge in [0.15, 0.2) is 5.60 Å². The fourth-order valence-electron chi connectivity index (χ4n) is 2.98. The van der Waals surface area contributed by atoms with Crippen LogP contribution in [0, 0.1) is 13.8 Å². The topological polar surface area (TPSA) is 38.8 Å². The van der Waals surface area contributed by atoms with Gasteiger partial charge < -0.3 is 9.47 Å². The number of aryl methyl sites for hydroxylation is 2. The van der Waals surface area contributed by atoms with E-state index in [1.807, 2.05) is 20.8 Å². The molecule has 1 aliphatic rings. The second kappa shape index (κ2) is 4.64. The maximum absolute atomic E-state index is 12.2. The molecule has 1 aromatic carbocycles. The van der Waals surface area contributed by atoms with Crippen LogP contribution < -0.4 is 0 Å². The van der Waals surface area contributed by atoms with Crippen LogP contribution >= 0.6 is 0 Å². The lowest BCUT2D eigenvalue weighted by atomic mass is 9.83. The van der Waals surface area contributed by atoms with Crippen LogP contribution in [0.5, 0.6) is 0 Å². The van der Waals surface area contributed by atoms with Crippen LogP contribution in [0.1, 0.15) is 43.9 Å². The summed E-state index contributed by atoms with van der Waals surface area (Å²) >= 11 is 0. The van der Waals surface area contributed by atoms with E-state index in [1.54, 1.807) is 0 Å². The average molecular weight is 262 g/mol. The van der Waals surface area contributed by atoms with Crippen LogP contribution in [0.4, 0.5) is 0 Å². The highest BCUT2D eigenvalue weighted by atomic mass is 16.7. The second-order valence-electron chi connectivity index (χ2n) is 5.35. The highest BCUT2D eigenvalue weighted by molar-refractivity contribution is 5.85. The Balaban J connectivity index is 2.37. The molecule has 0 aromatic heterocycles. The van der Waals surface area contributed by atoms with Crippen LogP contribution in [-0.2, 0) is 19.9 Å². The number of rotatable bonds is 4. The standard InChI is InChI=1S/C16H22O3/c1-6-16(14(17)18-7-2)15(5,19-16)13-9-8-11(3)10-12(13)4/h8-10H,6-7H2,1-5H3. The fraction of sp³-hybridized carbons (Fsp3) is 0.562. The molecule has 1 heterocycles. The summed E-state index contributed by atoms with van der Waals surface area (Å²) in [7, 11) is 0. The molecule has 0 bridgehead atoms. The molecular formula is C16H22O3. The van der Waals surface area contributed by atoms with Crippen molar-refractivity contribution in [1.29, 1.82) is 0 Å². The van der Waals surface area contributed by atoms with E-state index >= 15 is 0 Å². The summed E-state index contributed by atoms with van der Waals surface area (Å²) in [5.41, 5.74) is 2.06. The van der Waals surface area contributed by atoms with Crippen molar-refractivity contribution in [3.8, 4) is 0 Å². The van der Waals surface area contributed by atoms with Gasteiger partial charge in [-0.1, -0.05) is 30.7 Å². The first kappa shape index (κ1) is 14.1. The highest BCUT2D eigenvalue weighted by Gasteiger charge is 2.72. The lowest BCUT2D eigenvalue weighted by Gasteiger charge is -2.16. The zero-order valence-electron chi connectivity index (χ0n) is 12.4. The summed E-state index contributed by atoms with van der Waals surface area (Å²) < 4.78 is 11.1. The molecule has 0 aliphatic carbocycles. The first-order chi connectivity index (χ1) is 8.91. The van der Waals surface area contributed by atoms with Crippen LogP contribution in [0.15, 0.2) is 18.2 Å².